The number of benzene rings is 1. The molecule has 0 saturated carbocycles. The summed E-state index contributed by atoms with van der Waals surface area (Å²) in [5.74, 6) is 1.93. The summed E-state index contributed by atoms with van der Waals surface area (Å²) >= 11 is 0. The van der Waals surface area contributed by atoms with Gasteiger partial charge in [-0.25, -0.2) is 4.99 Å². The van der Waals surface area contributed by atoms with Crippen molar-refractivity contribution in [2.75, 3.05) is 13.7 Å². The summed E-state index contributed by atoms with van der Waals surface area (Å²) in [6, 6.07) is 6.06. The number of methoxy groups -OCH3 is 1. The van der Waals surface area contributed by atoms with E-state index in [2.05, 4.69) is 24.2 Å². The van der Waals surface area contributed by atoms with E-state index in [1.165, 1.54) is 0 Å². The number of guanidine groups is 1. The zero-order valence-corrected chi connectivity index (χ0v) is 14.4. The zero-order valence-electron chi connectivity index (χ0n) is 12.1. The van der Waals surface area contributed by atoms with Gasteiger partial charge in [0.15, 0.2) is 5.96 Å². The van der Waals surface area contributed by atoms with Crippen LogP contribution in [0.3, 0.4) is 0 Å². The Bertz CT molecular complexity index is 419. The van der Waals surface area contributed by atoms with Crippen LogP contribution in [0.5, 0.6) is 5.75 Å². The Morgan fingerprint density at radius 3 is 2.68 bits per heavy atom. The topological polar surface area (TPSA) is 59.6 Å². The minimum absolute atomic E-state index is 0. The predicted molar refractivity (Wildman–Crippen MR) is 91.3 cm³/mol. The monoisotopic (exact) mass is 377 g/mol. The fraction of sp³-hybridized carbons (Fsp3) is 0.500. The maximum atomic E-state index is 5.78. The fourth-order valence-electron chi connectivity index (χ4n) is 1.50. The van der Waals surface area contributed by atoms with Gasteiger partial charge in [-0.15, -0.1) is 24.0 Å². The van der Waals surface area contributed by atoms with Crippen LogP contribution < -0.4 is 15.8 Å². The highest BCUT2D eigenvalue weighted by atomic mass is 127. The Morgan fingerprint density at radius 2 is 2.11 bits per heavy atom. The maximum Gasteiger partial charge on any atom is 0.188 e. The minimum Gasteiger partial charge on any atom is -0.496 e. The minimum atomic E-state index is 0. The van der Waals surface area contributed by atoms with Crippen LogP contribution in [0.25, 0.3) is 0 Å². The molecule has 0 amide bonds. The Labute approximate surface area is 132 Å². The number of aliphatic imine (C=N–C) groups is 1. The molecule has 1 rings (SSSR count). The third-order valence-corrected chi connectivity index (χ3v) is 2.60. The molecule has 1 aromatic rings. The molecule has 4 nitrogen and oxygen atoms in total. The molecule has 5 heteroatoms. The highest BCUT2D eigenvalue weighted by Gasteiger charge is 2.00. The lowest BCUT2D eigenvalue weighted by Gasteiger charge is -2.09. The summed E-state index contributed by atoms with van der Waals surface area (Å²) in [4.78, 5) is 4.30. The quantitative estimate of drug-likeness (QED) is 0.471. The van der Waals surface area contributed by atoms with Crippen molar-refractivity contribution in [1.82, 2.24) is 5.32 Å². The summed E-state index contributed by atoms with van der Waals surface area (Å²) < 4.78 is 5.28. The molecular formula is C14H24IN3O. The number of hydrogen-bond acceptors (Lipinski definition) is 2. The van der Waals surface area contributed by atoms with Crippen molar-refractivity contribution in [3.63, 3.8) is 0 Å². The molecule has 1 aromatic carbocycles. The third-order valence-electron chi connectivity index (χ3n) is 2.60. The van der Waals surface area contributed by atoms with E-state index >= 15 is 0 Å². The molecule has 108 valence electrons. The van der Waals surface area contributed by atoms with Crippen molar-refractivity contribution < 1.29 is 4.74 Å². The molecule has 0 heterocycles. The second-order valence-electron chi connectivity index (χ2n) is 4.78. The first-order valence-corrected chi connectivity index (χ1v) is 6.20. The first-order valence-electron chi connectivity index (χ1n) is 6.20. The Hall–Kier alpha value is -0.980. The molecule has 0 aliphatic carbocycles. The van der Waals surface area contributed by atoms with E-state index in [-0.39, 0.29) is 24.0 Å². The van der Waals surface area contributed by atoms with E-state index in [0.717, 1.165) is 23.4 Å². The summed E-state index contributed by atoms with van der Waals surface area (Å²) in [6.07, 6.45) is 0. The van der Waals surface area contributed by atoms with Crippen LogP contribution in [0.4, 0.5) is 0 Å². The summed E-state index contributed by atoms with van der Waals surface area (Å²) in [5, 5.41) is 3.09. The largest absolute Gasteiger partial charge is 0.496 e. The first-order chi connectivity index (χ1) is 8.52. The molecule has 0 unspecified atom stereocenters. The van der Waals surface area contributed by atoms with Crippen molar-refractivity contribution in [2.45, 2.75) is 27.3 Å². The van der Waals surface area contributed by atoms with Gasteiger partial charge < -0.3 is 15.8 Å². The molecule has 0 radical (unpaired) electrons. The number of nitrogens with two attached hydrogens (primary N) is 1. The Balaban J connectivity index is 0.00000324. The van der Waals surface area contributed by atoms with Gasteiger partial charge in [0.05, 0.1) is 13.7 Å². The van der Waals surface area contributed by atoms with Crippen LogP contribution in [-0.2, 0) is 6.54 Å². The lowest BCUT2D eigenvalue weighted by atomic mass is 10.1. The molecule has 0 bridgehead atoms. The van der Waals surface area contributed by atoms with Crippen LogP contribution in [-0.4, -0.2) is 19.6 Å². The average molecular weight is 377 g/mol. The van der Waals surface area contributed by atoms with Crippen molar-refractivity contribution >= 4 is 29.9 Å². The predicted octanol–water partition coefficient (Wildman–Crippen LogP) is 2.68. The van der Waals surface area contributed by atoms with E-state index < -0.39 is 0 Å². The van der Waals surface area contributed by atoms with Crippen molar-refractivity contribution in [3.8, 4) is 5.75 Å². The van der Waals surface area contributed by atoms with E-state index in [4.69, 9.17) is 10.5 Å². The van der Waals surface area contributed by atoms with Crippen molar-refractivity contribution in [3.05, 3.63) is 29.3 Å². The highest BCUT2D eigenvalue weighted by molar-refractivity contribution is 14.0. The van der Waals surface area contributed by atoms with Crippen LogP contribution in [0, 0.1) is 12.8 Å². The molecule has 3 N–H and O–H groups in total. The third kappa shape index (κ3) is 6.66. The van der Waals surface area contributed by atoms with Gasteiger partial charge in [-0.05, 0) is 30.0 Å². The zero-order chi connectivity index (χ0) is 13.5. The van der Waals surface area contributed by atoms with Gasteiger partial charge >= 0.3 is 0 Å². The normalized spacial score (nSPS) is 11.1. The van der Waals surface area contributed by atoms with Gasteiger partial charge in [0.25, 0.3) is 0 Å². The van der Waals surface area contributed by atoms with E-state index in [0.29, 0.717) is 18.4 Å². The van der Waals surface area contributed by atoms with Crippen LogP contribution in [0.2, 0.25) is 0 Å². The maximum absolute atomic E-state index is 5.78. The second kappa shape index (κ2) is 9.01. The Kier molecular flexibility index (Phi) is 8.54. The summed E-state index contributed by atoms with van der Waals surface area (Å²) in [5.41, 5.74) is 7.99. The molecule has 0 atom stereocenters. The lowest BCUT2D eigenvalue weighted by Crippen LogP contribution is -2.34. The molecule has 0 saturated heterocycles. The number of hydrogen-bond donors (Lipinski definition) is 2. The first kappa shape index (κ1) is 18.0. The van der Waals surface area contributed by atoms with E-state index in [1.807, 2.05) is 25.1 Å². The van der Waals surface area contributed by atoms with Crippen LogP contribution in [0.1, 0.15) is 25.0 Å². The van der Waals surface area contributed by atoms with Crippen LogP contribution in [0.15, 0.2) is 23.2 Å². The standard InChI is InChI=1S/C14H23N3O.HI/c1-10(2)8-16-14(15)17-9-12-6-5-11(3)13(7-12)18-4;/h5-7,10H,8-9H2,1-4H3,(H3,15,16,17);1H. The summed E-state index contributed by atoms with van der Waals surface area (Å²) in [6.45, 7) is 7.68. The molecule has 0 aliphatic rings. The molecule has 0 aromatic heterocycles. The lowest BCUT2D eigenvalue weighted by molar-refractivity contribution is 0.411. The van der Waals surface area contributed by atoms with Gasteiger partial charge in [0.1, 0.15) is 5.75 Å². The van der Waals surface area contributed by atoms with Crippen molar-refractivity contribution in [2.24, 2.45) is 16.6 Å². The van der Waals surface area contributed by atoms with E-state index in [9.17, 15) is 0 Å². The average Bonchev–Trinajstić information content (AvgIpc) is 2.35. The second-order valence-corrected chi connectivity index (χ2v) is 4.78. The van der Waals surface area contributed by atoms with Gasteiger partial charge in [0, 0.05) is 6.54 Å². The van der Waals surface area contributed by atoms with Gasteiger partial charge in [-0.3, -0.25) is 0 Å². The number of nitrogens with one attached hydrogen (secondary N) is 1. The number of halogens is 1. The van der Waals surface area contributed by atoms with Crippen LogP contribution >= 0.6 is 24.0 Å². The highest BCUT2D eigenvalue weighted by Crippen LogP contribution is 2.19. The number of rotatable bonds is 5. The van der Waals surface area contributed by atoms with Crippen molar-refractivity contribution in [1.29, 1.82) is 0 Å². The number of nitrogens with zero attached hydrogens (tertiary/aromatic N) is 1. The number of aryl methyl sites for hydroxylation is 1. The fourth-order valence-corrected chi connectivity index (χ4v) is 1.50. The summed E-state index contributed by atoms with van der Waals surface area (Å²) in [7, 11) is 1.67. The van der Waals surface area contributed by atoms with Gasteiger partial charge in [-0.1, -0.05) is 26.0 Å². The molecule has 19 heavy (non-hydrogen) atoms. The molecule has 0 fully saturated rings. The Morgan fingerprint density at radius 1 is 1.42 bits per heavy atom. The molecule has 0 spiro atoms. The molecular weight excluding hydrogens is 353 g/mol. The van der Waals surface area contributed by atoms with Gasteiger partial charge in [0.2, 0.25) is 0 Å². The molecule has 0 aliphatic heterocycles. The van der Waals surface area contributed by atoms with Gasteiger partial charge in [-0.2, -0.15) is 0 Å². The van der Waals surface area contributed by atoms with E-state index in [1.54, 1.807) is 7.11 Å². The number of ether oxygens (including phenoxy) is 1. The SMILES string of the molecule is COc1cc(CN=C(N)NCC(C)C)ccc1C.I. The smallest absolute Gasteiger partial charge is 0.188 e.